The van der Waals surface area contributed by atoms with Gasteiger partial charge in [-0.15, -0.1) is 0 Å². The lowest BCUT2D eigenvalue weighted by atomic mass is 10.0. The Bertz CT molecular complexity index is 1050. The van der Waals surface area contributed by atoms with Gasteiger partial charge < -0.3 is 4.74 Å². The van der Waals surface area contributed by atoms with Crippen LogP contribution >= 0.6 is 0 Å². The number of ether oxygens (including phenoxy) is 1. The second-order valence-electron chi connectivity index (χ2n) is 6.87. The first kappa shape index (κ1) is 21.7. The number of nitrogens with two attached hydrogens (primary N) is 1. The van der Waals surface area contributed by atoms with Crippen LogP contribution in [0.4, 0.5) is 0 Å². The number of likely N-dealkylation sites (tertiary alicyclic amines) is 1. The Morgan fingerprint density at radius 2 is 1.59 bits per heavy atom. The van der Waals surface area contributed by atoms with Crippen molar-refractivity contribution in [2.45, 2.75) is 28.7 Å². The topological polar surface area (TPSA) is 119 Å². The molecule has 10 heteroatoms. The van der Waals surface area contributed by atoms with Crippen LogP contribution < -0.4 is 14.6 Å². The van der Waals surface area contributed by atoms with Crippen molar-refractivity contribution in [3.8, 4) is 5.75 Å². The highest BCUT2D eigenvalue weighted by Crippen LogP contribution is 2.31. The lowest BCUT2D eigenvalue weighted by molar-refractivity contribution is 0.240. The van der Waals surface area contributed by atoms with Crippen molar-refractivity contribution in [2.75, 3.05) is 26.7 Å². The van der Waals surface area contributed by atoms with Gasteiger partial charge in [-0.3, -0.25) is 4.90 Å². The van der Waals surface area contributed by atoms with E-state index in [1.54, 1.807) is 7.11 Å². The summed E-state index contributed by atoms with van der Waals surface area (Å²) in [5.74, 6) is 0.709. The molecular weight excluding hydrogens is 414 g/mol. The molecular formula is C19H25N3O5S2. The molecule has 1 atom stereocenters. The van der Waals surface area contributed by atoms with Crippen molar-refractivity contribution in [2.24, 2.45) is 5.14 Å². The molecule has 1 fully saturated rings. The number of hydrogen-bond acceptors (Lipinski definition) is 6. The van der Waals surface area contributed by atoms with Gasteiger partial charge in [0.1, 0.15) is 5.75 Å². The molecule has 0 spiro atoms. The Morgan fingerprint density at radius 3 is 2.17 bits per heavy atom. The van der Waals surface area contributed by atoms with E-state index in [9.17, 15) is 16.8 Å². The van der Waals surface area contributed by atoms with Crippen LogP contribution in [0.1, 0.15) is 24.4 Å². The zero-order chi connectivity index (χ0) is 21.1. The molecule has 1 heterocycles. The van der Waals surface area contributed by atoms with E-state index in [0.717, 1.165) is 31.5 Å². The predicted octanol–water partition coefficient (Wildman–Crippen LogP) is 1.46. The third-order valence-corrected chi connectivity index (χ3v) is 7.38. The van der Waals surface area contributed by atoms with E-state index in [1.807, 2.05) is 24.3 Å². The van der Waals surface area contributed by atoms with Crippen LogP contribution in [0.3, 0.4) is 0 Å². The molecule has 29 heavy (non-hydrogen) atoms. The largest absolute Gasteiger partial charge is 0.496 e. The fraction of sp³-hybridized carbons (Fsp3) is 0.368. The van der Waals surface area contributed by atoms with Crippen molar-refractivity contribution in [1.29, 1.82) is 0 Å². The van der Waals surface area contributed by atoms with Gasteiger partial charge in [0.15, 0.2) is 0 Å². The molecule has 0 bridgehead atoms. The number of nitrogens with zero attached hydrogens (tertiary/aromatic N) is 1. The number of primary sulfonamides is 1. The number of sulfonamides is 2. The van der Waals surface area contributed by atoms with Crippen molar-refractivity contribution in [1.82, 2.24) is 9.62 Å². The summed E-state index contributed by atoms with van der Waals surface area (Å²) >= 11 is 0. The second-order valence-corrected chi connectivity index (χ2v) is 10.2. The maximum Gasteiger partial charge on any atom is 0.240 e. The fourth-order valence-electron chi connectivity index (χ4n) is 3.51. The molecule has 1 aliphatic heterocycles. The number of methoxy groups -OCH3 is 1. The van der Waals surface area contributed by atoms with Gasteiger partial charge in [-0.2, -0.15) is 0 Å². The SMILES string of the molecule is COc1ccccc1C(CNS(=O)(=O)c1ccc(S(N)(=O)=O)cc1)N1CCCC1. The molecule has 3 N–H and O–H groups in total. The van der Waals surface area contributed by atoms with Crippen LogP contribution in [0.2, 0.25) is 0 Å². The summed E-state index contributed by atoms with van der Waals surface area (Å²) in [6.45, 7) is 1.93. The Labute approximate surface area is 171 Å². The summed E-state index contributed by atoms with van der Waals surface area (Å²) in [6, 6.07) is 12.2. The van der Waals surface area contributed by atoms with Crippen molar-refractivity contribution >= 4 is 20.0 Å². The molecule has 8 nitrogen and oxygen atoms in total. The normalized spacial score (nSPS) is 16.6. The first-order valence-electron chi connectivity index (χ1n) is 9.22. The standard InChI is InChI=1S/C19H25N3O5S2/c1-27-19-7-3-2-6-17(19)18(22-12-4-5-13-22)14-21-29(25,26)16-10-8-15(9-11-16)28(20,23)24/h2-3,6-11,18,21H,4-5,12-14H2,1H3,(H2,20,23,24). The van der Waals surface area contributed by atoms with Crippen LogP contribution in [0, 0.1) is 0 Å². The summed E-state index contributed by atoms with van der Waals surface area (Å²) < 4.78 is 56.4. The Kier molecular flexibility index (Phi) is 6.59. The minimum atomic E-state index is -3.88. The van der Waals surface area contributed by atoms with Gasteiger partial charge >= 0.3 is 0 Å². The maximum absolute atomic E-state index is 12.8. The lowest BCUT2D eigenvalue weighted by Gasteiger charge is -2.29. The van der Waals surface area contributed by atoms with Gasteiger partial charge in [0.05, 0.1) is 22.9 Å². The van der Waals surface area contributed by atoms with Crippen LogP contribution in [0.15, 0.2) is 58.3 Å². The van der Waals surface area contributed by atoms with Crippen LogP contribution in [0.25, 0.3) is 0 Å². The molecule has 2 aromatic carbocycles. The lowest BCUT2D eigenvalue weighted by Crippen LogP contribution is -2.37. The van der Waals surface area contributed by atoms with Crippen LogP contribution in [-0.2, 0) is 20.0 Å². The average Bonchev–Trinajstić information content (AvgIpc) is 3.22. The summed E-state index contributed by atoms with van der Waals surface area (Å²) in [5, 5.41) is 5.07. The van der Waals surface area contributed by atoms with Crippen molar-refractivity contribution in [3.63, 3.8) is 0 Å². The van der Waals surface area contributed by atoms with E-state index in [2.05, 4.69) is 9.62 Å². The van der Waals surface area contributed by atoms with E-state index < -0.39 is 20.0 Å². The Morgan fingerprint density at radius 1 is 1.00 bits per heavy atom. The molecule has 3 rings (SSSR count). The average molecular weight is 440 g/mol. The zero-order valence-electron chi connectivity index (χ0n) is 16.1. The number of rotatable bonds is 8. The van der Waals surface area contributed by atoms with Gasteiger partial charge in [-0.1, -0.05) is 18.2 Å². The highest BCUT2D eigenvalue weighted by atomic mass is 32.2. The highest BCUT2D eigenvalue weighted by Gasteiger charge is 2.27. The summed E-state index contributed by atoms with van der Waals surface area (Å²) in [5.41, 5.74) is 0.921. The van der Waals surface area contributed by atoms with E-state index in [1.165, 1.54) is 24.3 Å². The molecule has 0 amide bonds. The zero-order valence-corrected chi connectivity index (χ0v) is 17.7. The van der Waals surface area contributed by atoms with Gasteiger partial charge in [0, 0.05) is 12.1 Å². The molecule has 158 valence electrons. The third-order valence-electron chi connectivity index (χ3n) is 5.01. The minimum absolute atomic E-state index is 0.0231. The second kappa shape index (κ2) is 8.80. The smallest absolute Gasteiger partial charge is 0.240 e. The Balaban J connectivity index is 1.83. The first-order chi connectivity index (χ1) is 13.7. The molecule has 1 saturated heterocycles. The van der Waals surface area contributed by atoms with Gasteiger partial charge in [-0.05, 0) is 56.3 Å². The quantitative estimate of drug-likeness (QED) is 0.643. The van der Waals surface area contributed by atoms with Gasteiger partial charge in [-0.25, -0.2) is 26.7 Å². The van der Waals surface area contributed by atoms with E-state index in [0.29, 0.717) is 5.75 Å². The predicted molar refractivity (Wildman–Crippen MR) is 110 cm³/mol. The first-order valence-corrected chi connectivity index (χ1v) is 12.2. The molecule has 0 aromatic heterocycles. The van der Waals surface area contributed by atoms with E-state index in [4.69, 9.17) is 9.88 Å². The fourth-order valence-corrected chi connectivity index (χ4v) is 5.06. The summed E-state index contributed by atoms with van der Waals surface area (Å²) in [6.07, 6.45) is 2.13. The third kappa shape index (κ3) is 5.14. The number of nitrogens with one attached hydrogen (secondary N) is 1. The molecule has 1 unspecified atom stereocenters. The van der Waals surface area contributed by atoms with Gasteiger partial charge in [0.2, 0.25) is 20.0 Å². The number of hydrogen-bond donors (Lipinski definition) is 2. The van der Waals surface area contributed by atoms with Crippen molar-refractivity contribution < 1.29 is 21.6 Å². The van der Waals surface area contributed by atoms with E-state index in [-0.39, 0.29) is 22.4 Å². The van der Waals surface area contributed by atoms with Gasteiger partial charge in [0.25, 0.3) is 0 Å². The Hall–Kier alpha value is -1.98. The molecule has 0 aliphatic carbocycles. The number of benzene rings is 2. The van der Waals surface area contributed by atoms with Crippen LogP contribution in [0.5, 0.6) is 5.75 Å². The molecule has 0 saturated carbocycles. The molecule has 0 radical (unpaired) electrons. The van der Waals surface area contributed by atoms with Crippen LogP contribution in [-0.4, -0.2) is 48.5 Å². The molecule has 1 aliphatic rings. The molecule has 2 aromatic rings. The van der Waals surface area contributed by atoms with Crippen molar-refractivity contribution in [3.05, 3.63) is 54.1 Å². The number of para-hydroxylation sites is 1. The monoisotopic (exact) mass is 439 g/mol. The minimum Gasteiger partial charge on any atom is -0.496 e. The summed E-state index contributed by atoms with van der Waals surface area (Å²) in [4.78, 5) is 2.08. The maximum atomic E-state index is 12.8. The van der Waals surface area contributed by atoms with E-state index >= 15 is 0 Å². The summed E-state index contributed by atoms with van der Waals surface area (Å²) in [7, 11) is -6.11. The highest BCUT2D eigenvalue weighted by molar-refractivity contribution is 7.89.